The molecule has 0 heterocycles. The maximum Gasteiger partial charge on any atom is 0.0993 e. The number of nitrogens with zero attached hydrogens (tertiary/aromatic N) is 1. The predicted molar refractivity (Wildman–Crippen MR) is 73.5 cm³/mol. The van der Waals surface area contributed by atoms with Crippen LogP contribution >= 0.6 is 0 Å². The Balaban J connectivity index is 2.49. The molecular formula is C15H16N2. The fourth-order valence-corrected chi connectivity index (χ4v) is 1.67. The van der Waals surface area contributed by atoms with Crippen LogP contribution in [-0.4, -0.2) is 5.84 Å². The molecule has 0 saturated heterocycles. The first-order valence-electron chi connectivity index (χ1n) is 5.78. The highest BCUT2D eigenvalue weighted by Gasteiger charge is 2.02. The fourth-order valence-electron chi connectivity index (χ4n) is 1.67. The van der Waals surface area contributed by atoms with Gasteiger partial charge in [0.2, 0.25) is 0 Å². The summed E-state index contributed by atoms with van der Waals surface area (Å²) in [6, 6.07) is 18.3. The molecule has 86 valence electrons. The third-order valence-electron chi connectivity index (χ3n) is 2.62. The Bertz CT molecular complexity index is 515. The van der Waals surface area contributed by atoms with Crippen LogP contribution in [0.5, 0.6) is 0 Å². The minimum Gasteiger partial charge on any atom is -0.387 e. The maximum absolute atomic E-state index is 5.80. The molecule has 0 fully saturated rings. The molecule has 17 heavy (non-hydrogen) atoms. The zero-order chi connectivity index (χ0) is 12.1. The topological polar surface area (TPSA) is 38.4 Å². The van der Waals surface area contributed by atoms with Crippen LogP contribution in [0, 0.1) is 0 Å². The first kappa shape index (κ1) is 11.4. The van der Waals surface area contributed by atoms with E-state index in [0.29, 0.717) is 5.84 Å². The van der Waals surface area contributed by atoms with Crippen molar-refractivity contribution in [3.05, 3.63) is 54.6 Å². The zero-order valence-corrected chi connectivity index (χ0v) is 9.93. The number of hydrogen-bond acceptors (Lipinski definition) is 1. The van der Waals surface area contributed by atoms with Gasteiger partial charge < -0.3 is 5.73 Å². The number of rotatable bonds is 3. The van der Waals surface area contributed by atoms with E-state index in [1.54, 1.807) is 0 Å². The number of para-hydroxylation sites is 1. The molecule has 0 radical (unpaired) electrons. The van der Waals surface area contributed by atoms with Gasteiger partial charge in [0, 0.05) is 12.0 Å². The molecule has 2 N–H and O–H groups in total. The molecule has 0 unspecified atom stereocenters. The molecule has 0 aliphatic carbocycles. The van der Waals surface area contributed by atoms with E-state index in [1.807, 2.05) is 43.3 Å². The summed E-state index contributed by atoms with van der Waals surface area (Å²) in [5.74, 6) is 0.661. The molecule has 0 aromatic heterocycles. The van der Waals surface area contributed by atoms with Crippen LogP contribution in [0.25, 0.3) is 11.1 Å². The van der Waals surface area contributed by atoms with Crippen LogP contribution in [0.1, 0.15) is 13.3 Å². The third-order valence-corrected chi connectivity index (χ3v) is 2.62. The molecule has 0 spiro atoms. The maximum atomic E-state index is 5.80. The number of aliphatic imine (C=N–C) groups is 1. The lowest BCUT2D eigenvalue weighted by molar-refractivity contribution is 1.24. The number of nitrogens with two attached hydrogens (primary N) is 1. The summed E-state index contributed by atoms with van der Waals surface area (Å²) in [5.41, 5.74) is 9.01. The highest BCUT2D eigenvalue weighted by Crippen LogP contribution is 2.29. The Morgan fingerprint density at radius 1 is 1.00 bits per heavy atom. The van der Waals surface area contributed by atoms with Gasteiger partial charge >= 0.3 is 0 Å². The van der Waals surface area contributed by atoms with Crippen LogP contribution < -0.4 is 5.73 Å². The smallest absolute Gasteiger partial charge is 0.0993 e. The Labute approximate surface area is 102 Å². The first-order valence-corrected chi connectivity index (χ1v) is 5.78. The van der Waals surface area contributed by atoms with E-state index in [2.05, 4.69) is 23.2 Å². The van der Waals surface area contributed by atoms with Gasteiger partial charge in [-0.3, -0.25) is 0 Å². The highest BCUT2D eigenvalue weighted by molar-refractivity contribution is 5.86. The molecule has 2 heteroatoms. The van der Waals surface area contributed by atoms with Gasteiger partial charge in [-0.25, -0.2) is 4.99 Å². The van der Waals surface area contributed by atoms with E-state index in [4.69, 9.17) is 5.73 Å². The highest BCUT2D eigenvalue weighted by atomic mass is 14.9. The van der Waals surface area contributed by atoms with Gasteiger partial charge in [-0.1, -0.05) is 55.5 Å². The quantitative estimate of drug-likeness (QED) is 0.625. The Hall–Kier alpha value is -2.09. The number of amidine groups is 1. The van der Waals surface area contributed by atoms with Crippen molar-refractivity contribution in [1.29, 1.82) is 0 Å². The van der Waals surface area contributed by atoms with Gasteiger partial charge in [-0.2, -0.15) is 0 Å². The number of benzene rings is 2. The molecule has 0 bridgehead atoms. The molecular weight excluding hydrogens is 208 g/mol. The van der Waals surface area contributed by atoms with E-state index in [0.717, 1.165) is 23.2 Å². The molecule has 2 aromatic carbocycles. The summed E-state index contributed by atoms with van der Waals surface area (Å²) in [4.78, 5) is 4.45. The lowest BCUT2D eigenvalue weighted by atomic mass is 10.0. The van der Waals surface area contributed by atoms with Crippen molar-refractivity contribution in [3.8, 4) is 11.1 Å². The van der Waals surface area contributed by atoms with E-state index in [1.165, 1.54) is 0 Å². The van der Waals surface area contributed by atoms with Crippen LogP contribution in [0.2, 0.25) is 0 Å². The predicted octanol–water partition coefficient (Wildman–Crippen LogP) is 3.75. The monoisotopic (exact) mass is 224 g/mol. The normalized spacial score (nSPS) is 11.5. The van der Waals surface area contributed by atoms with Crippen molar-refractivity contribution < 1.29 is 0 Å². The first-order chi connectivity index (χ1) is 8.31. The molecule has 2 rings (SSSR count). The van der Waals surface area contributed by atoms with Crippen molar-refractivity contribution in [1.82, 2.24) is 0 Å². The Morgan fingerprint density at radius 3 is 2.35 bits per heavy atom. The molecule has 2 aromatic rings. The lowest BCUT2D eigenvalue weighted by Crippen LogP contribution is -2.08. The summed E-state index contributed by atoms with van der Waals surface area (Å²) >= 11 is 0. The second kappa shape index (κ2) is 5.30. The van der Waals surface area contributed by atoms with Gasteiger partial charge in [0.15, 0.2) is 0 Å². The van der Waals surface area contributed by atoms with Crippen LogP contribution in [0.3, 0.4) is 0 Å². The van der Waals surface area contributed by atoms with Crippen molar-refractivity contribution in [3.63, 3.8) is 0 Å². The minimum absolute atomic E-state index is 0.661. The van der Waals surface area contributed by atoms with E-state index in [-0.39, 0.29) is 0 Å². The Morgan fingerprint density at radius 2 is 1.65 bits per heavy atom. The van der Waals surface area contributed by atoms with Crippen LogP contribution in [0.15, 0.2) is 59.6 Å². The molecule has 0 amide bonds. The van der Waals surface area contributed by atoms with E-state index in [9.17, 15) is 0 Å². The molecule has 0 atom stereocenters. The summed E-state index contributed by atoms with van der Waals surface area (Å²) in [5, 5.41) is 0. The van der Waals surface area contributed by atoms with Gasteiger partial charge in [0.25, 0.3) is 0 Å². The summed E-state index contributed by atoms with van der Waals surface area (Å²) < 4.78 is 0. The van der Waals surface area contributed by atoms with Gasteiger partial charge in [0.05, 0.1) is 11.5 Å². The van der Waals surface area contributed by atoms with E-state index < -0.39 is 0 Å². The van der Waals surface area contributed by atoms with Crippen molar-refractivity contribution >= 4 is 11.5 Å². The summed E-state index contributed by atoms with van der Waals surface area (Å²) in [7, 11) is 0. The average molecular weight is 224 g/mol. The average Bonchev–Trinajstić information content (AvgIpc) is 2.40. The van der Waals surface area contributed by atoms with Crippen molar-refractivity contribution in [2.24, 2.45) is 10.7 Å². The van der Waals surface area contributed by atoms with Crippen LogP contribution in [0.4, 0.5) is 5.69 Å². The zero-order valence-electron chi connectivity index (χ0n) is 9.93. The molecule has 0 aliphatic heterocycles. The Kier molecular flexibility index (Phi) is 3.55. The molecule has 0 aliphatic rings. The number of hydrogen-bond donors (Lipinski definition) is 1. The van der Waals surface area contributed by atoms with Gasteiger partial charge in [-0.05, 0) is 11.6 Å². The largest absolute Gasteiger partial charge is 0.387 e. The van der Waals surface area contributed by atoms with E-state index >= 15 is 0 Å². The van der Waals surface area contributed by atoms with Gasteiger partial charge in [0.1, 0.15) is 0 Å². The minimum atomic E-state index is 0.661. The fraction of sp³-hybridized carbons (Fsp3) is 0.133. The lowest BCUT2D eigenvalue weighted by Gasteiger charge is -2.06. The summed E-state index contributed by atoms with van der Waals surface area (Å²) in [6.07, 6.45) is 0.767. The van der Waals surface area contributed by atoms with Crippen LogP contribution in [-0.2, 0) is 0 Å². The molecule has 2 nitrogen and oxygen atoms in total. The van der Waals surface area contributed by atoms with Crippen molar-refractivity contribution in [2.45, 2.75) is 13.3 Å². The molecule has 0 saturated carbocycles. The second-order valence-corrected chi connectivity index (χ2v) is 3.84. The third kappa shape index (κ3) is 2.72. The van der Waals surface area contributed by atoms with Gasteiger partial charge in [-0.15, -0.1) is 0 Å². The second-order valence-electron chi connectivity index (χ2n) is 3.84. The standard InChI is InChI=1S/C15H16N2/c1-2-15(16)17-14-11-7-6-10-13(14)12-8-4-3-5-9-12/h3-11H,2H2,1H3,(H2,16,17). The SMILES string of the molecule is CCC(N)=Nc1ccccc1-c1ccccc1. The van der Waals surface area contributed by atoms with Crippen molar-refractivity contribution in [2.75, 3.05) is 0 Å². The summed E-state index contributed by atoms with van der Waals surface area (Å²) in [6.45, 7) is 2.00.